The van der Waals surface area contributed by atoms with E-state index in [2.05, 4.69) is 31.3 Å². The summed E-state index contributed by atoms with van der Waals surface area (Å²) in [6.07, 6.45) is 0.679. The molecule has 1 N–H and O–H groups in total. The van der Waals surface area contributed by atoms with E-state index < -0.39 is 5.41 Å². The molecule has 2 aliphatic rings. The Morgan fingerprint density at radius 3 is 2.29 bits per heavy atom. The molecule has 3 nitrogen and oxygen atoms in total. The molecule has 2 atom stereocenters. The summed E-state index contributed by atoms with van der Waals surface area (Å²) in [5, 5.41) is 2.42. The molecule has 1 saturated carbocycles. The molecule has 0 aromatic heterocycles. The highest BCUT2D eigenvalue weighted by Gasteiger charge is 2.69. The summed E-state index contributed by atoms with van der Waals surface area (Å²) in [4.78, 5) is 23.3. The molecular weight excluding hydrogens is 214 g/mol. The van der Waals surface area contributed by atoms with Gasteiger partial charge in [0.25, 0.3) is 0 Å². The van der Waals surface area contributed by atoms with Crippen LogP contribution in [0, 0.1) is 5.92 Å². The van der Waals surface area contributed by atoms with E-state index in [0.29, 0.717) is 12.3 Å². The van der Waals surface area contributed by atoms with Gasteiger partial charge in [0.2, 0.25) is 11.8 Å². The molecule has 0 radical (unpaired) electrons. The van der Waals surface area contributed by atoms with Gasteiger partial charge in [0, 0.05) is 0 Å². The fourth-order valence-electron chi connectivity index (χ4n) is 2.76. The SMILES string of the molecule is CC(C)c1ccc([C@@]23CC2C(=O)NC3=O)cc1. The molecule has 3 rings (SSSR count). The van der Waals surface area contributed by atoms with E-state index in [4.69, 9.17) is 0 Å². The number of rotatable bonds is 2. The summed E-state index contributed by atoms with van der Waals surface area (Å²) in [7, 11) is 0. The summed E-state index contributed by atoms with van der Waals surface area (Å²) in [6, 6.07) is 8.10. The first kappa shape index (κ1) is 10.5. The summed E-state index contributed by atoms with van der Waals surface area (Å²) in [6.45, 7) is 4.28. The summed E-state index contributed by atoms with van der Waals surface area (Å²) >= 11 is 0. The fourth-order valence-corrected chi connectivity index (χ4v) is 2.76. The van der Waals surface area contributed by atoms with Crippen molar-refractivity contribution in [2.24, 2.45) is 5.92 Å². The minimum atomic E-state index is -0.535. The van der Waals surface area contributed by atoms with Crippen LogP contribution in [0.1, 0.15) is 37.3 Å². The Balaban J connectivity index is 1.96. The Morgan fingerprint density at radius 1 is 1.24 bits per heavy atom. The van der Waals surface area contributed by atoms with Crippen LogP contribution in [0.4, 0.5) is 0 Å². The van der Waals surface area contributed by atoms with Crippen LogP contribution in [0.2, 0.25) is 0 Å². The molecule has 1 aromatic carbocycles. The molecule has 1 saturated heterocycles. The third kappa shape index (κ3) is 1.28. The van der Waals surface area contributed by atoms with Gasteiger partial charge in [0.15, 0.2) is 0 Å². The van der Waals surface area contributed by atoms with Crippen LogP contribution in [0.25, 0.3) is 0 Å². The maximum absolute atomic E-state index is 11.8. The lowest BCUT2D eigenvalue weighted by Crippen LogP contribution is -2.30. The van der Waals surface area contributed by atoms with Crippen LogP contribution in [0.3, 0.4) is 0 Å². The number of hydrogen-bond donors (Lipinski definition) is 1. The van der Waals surface area contributed by atoms with Crippen LogP contribution < -0.4 is 5.32 Å². The lowest BCUT2D eigenvalue weighted by Gasteiger charge is -2.12. The van der Waals surface area contributed by atoms with E-state index in [0.717, 1.165) is 5.56 Å². The first-order chi connectivity index (χ1) is 8.05. The van der Waals surface area contributed by atoms with Crippen molar-refractivity contribution < 1.29 is 9.59 Å². The lowest BCUT2D eigenvalue weighted by atomic mass is 9.92. The van der Waals surface area contributed by atoms with Crippen LogP contribution >= 0.6 is 0 Å². The maximum atomic E-state index is 11.8. The Morgan fingerprint density at radius 2 is 1.88 bits per heavy atom. The molecule has 1 aliphatic carbocycles. The predicted molar refractivity (Wildman–Crippen MR) is 63.5 cm³/mol. The molecule has 1 aliphatic heterocycles. The van der Waals surface area contributed by atoms with Crippen molar-refractivity contribution in [1.82, 2.24) is 5.32 Å². The highest BCUT2D eigenvalue weighted by molar-refractivity contribution is 6.15. The zero-order chi connectivity index (χ0) is 12.2. The second kappa shape index (κ2) is 3.19. The summed E-state index contributed by atoms with van der Waals surface area (Å²) in [5.74, 6) is 0.128. The third-order valence-corrected chi connectivity index (χ3v) is 4.01. The Bertz CT molecular complexity index is 503. The molecule has 1 unspecified atom stereocenters. The van der Waals surface area contributed by atoms with Crippen LogP contribution in [-0.2, 0) is 15.0 Å². The summed E-state index contributed by atoms with van der Waals surface area (Å²) in [5.41, 5.74) is 1.70. The normalized spacial score (nSPS) is 30.4. The molecular formula is C14H15NO2. The van der Waals surface area contributed by atoms with E-state index in [1.54, 1.807) is 0 Å². The minimum Gasteiger partial charge on any atom is -0.295 e. The second-order valence-corrected chi connectivity index (χ2v) is 5.32. The maximum Gasteiger partial charge on any atom is 0.238 e. The molecule has 1 aromatic rings. The van der Waals surface area contributed by atoms with Gasteiger partial charge in [-0.05, 0) is 23.5 Å². The second-order valence-electron chi connectivity index (χ2n) is 5.32. The number of fused-ring (bicyclic) bond motifs is 1. The summed E-state index contributed by atoms with van der Waals surface area (Å²) < 4.78 is 0. The average Bonchev–Trinajstić information content (AvgIpc) is 3.00. The number of nitrogens with one attached hydrogen (secondary N) is 1. The van der Waals surface area contributed by atoms with Crippen molar-refractivity contribution in [3.63, 3.8) is 0 Å². The number of carbonyl (C=O) groups excluding carboxylic acids is 2. The van der Waals surface area contributed by atoms with Crippen LogP contribution in [-0.4, -0.2) is 11.8 Å². The van der Waals surface area contributed by atoms with Gasteiger partial charge in [-0.25, -0.2) is 0 Å². The lowest BCUT2D eigenvalue weighted by molar-refractivity contribution is -0.127. The number of amides is 2. The van der Waals surface area contributed by atoms with Gasteiger partial charge in [0.05, 0.1) is 11.3 Å². The quantitative estimate of drug-likeness (QED) is 0.785. The predicted octanol–water partition coefficient (Wildman–Crippen LogP) is 1.72. The van der Waals surface area contributed by atoms with Gasteiger partial charge >= 0.3 is 0 Å². The molecule has 0 bridgehead atoms. The van der Waals surface area contributed by atoms with Gasteiger partial charge in [-0.3, -0.25) is 14.9 Å². The standard InChI is InChI=1S/C14H15NO2/c1-8(2)9-3-5-10(6-4-9)14-7-11(14)12(16)15-13(14)17/h3-6,8,11H,7H2,1-2H3,(H,15,16,17)/t11?,14-/m0/s1. The molecule has 3 heteroatoms. The van der Waals surface area contributed by atoms with E-state index >= 15 is 0 Å². The van der Waals surface area contributed by atoms with Gasteiger partial charge < -0.3 is 0 Å². The number of carbonyl (C=O) groups is 2. The monoisotopic (exact) mass is 229 g/mol. The molecule has 88 valence electrons. The number of imide groups is 1. The molecule has 2 fully saturated rings. The van der Waals surface area contributed by atoms with Crippen molar-refractivity contribution in [1.29, 1.82) is 0 Å². The van der Waals surface area contributed by atoms with Crippen molar-refractivity contribution in [3.8, 4) is 0 Å². The van der Waals surface area contributed by atoms with E-state index in [9.17, 15) is 9.59 Å². The van der Waals surface area contributed by atoms with Gasteiger partial charge in [0.1, 0.15) is 0 Å². The third-order valence-electron chi connectivity index (χ3n) is 4.01. The zero-order valence-corrected chi connectivity index (χ0v) is 9.99. The first-order valence-electron chi connectivity index (χ1n) is 6.01. The Hall–Kier alpha value is -1.64. The zero-order valence-electron chi connectivity index (χ0n) is 9.99. The fraction of sp³-hybridized carbons (Fsp3) is 0.429. The average molecular weight is 229 g/mol. The molecule has 1 heterocycles. The highest BCUT2D eigenvalue weighted by Crippen LogP contribution is 2.57. The van der Waals surface area contributed by atoms with Crippen LogP contribution in [0.15, 0.2) is 24.3 Å². The van der Waals surface area contributed by atoms with Crippen molar-refractivity contribution in [3.05, 3.63) is 35.4 Å². The number of piperidine rings is 1. The highest BCUT2D eigenvalue weighted by atomic mass is 16.2. The largest absolute Gasteiger partial charge is 0.295 e. The van der Waals surface area contributed by atoms with Gasteiger partial charge in [-0.2, -0.15) is 0 Å². The Kier molecular flexibility index (Phi) is 1.97. The topological polar surface area (TPSA) is 46.2 Å². The van der Waals surface area contributed by atoms with Gasteiger partial charge in [-0.1, -0.05) is 38.1 Å². The van der Waals surface area contributed by atoms with Crippen molar-refractivity contribution in [2.45, 2.75) is 31.6 Å². The first-order valence-corrected chi connectivity index (χ1v) is 6.01. The van der Waals surface area contributed by atoms with Crippen molar-refractivity contribution in [2.75, 3.05) is 0 Å². The van der Waals surface area contributed by atoms with Crippen LogP contribution in [0.5, 0.6) is 0 Å². The molecule has 0 spiro atoms. The smallest absolute Gasteiger partial charge is 0.238 e. The number of hydrogen-bond acceptors (Lipinski definition) is 2. The van der Waals surface area contributed by atoms with Gasteiger partial charge in [-0.15, -0.1) is 0 Å². The molecule has 17 heavy (non-hydrogen) atoms. The minimum absolute atomic E-state index is 0.108. The van der Waals surface area contributed by atoms with E-state index in [-0.39, 0.29) is 17.7 Å². The number of benzene rings is 1. The molecule has 2 amide bonds. The van der Waals surface area contributed by atoms with E-state index in [1.807, 2.05) is 12.1 Å². The Labute approximate surface area is 100 Å². The van der Waals surface area contributed by atoms with Crippen molar-refractivity contribution >= 4 is 11.8 Å². The van der Waals surface area contributed by atoms with E-state index in [1.165, 1.54) is 5.56 Å².